The van der Waals surface area contributed by atoms with E-state index in [-0.39, 0.29) is 17.7 Å². The fourth-order valence-electron chi connectivity index (χ4n) is 5.88. The normalized spacial score (nSPS) is 18.2. The predicted octanol–water partition coefficient (Wildman–Crippen LogP) is 6.76. The molecule has 0 spiro atoms. The van der Waals surface area contributed by atoms with Gasteiger partial charge in [-0.15, -0.1) is 0 Å². The predicted molar refractivity (Wildman–Crippen MR) is 187 cm³/mol. The van der Waals surface area contributed by atoms with E-state index in [4.69, 9.17) is 18.9 Å². The number of carbonyl (C=O) groups is 3. The molecule has 7 rings (SSSR count). The van der Waals surface area contributed by atoms with Crippen LogP contribution in [-0.4, -0.2) is 62.3 Å². The third-order valence-electron chi connectivity index (χ3n) is 8.76. The molecule has 0 radical (unpaired) electrons. The van der Waals surface area contributed by atoms with Gasteiger partial charge < -0.3 is 18.9 Å². The zero-order valence-electron chi connectivity index (χ0n) is 28.4. The number of nitrogens with zero attached hydrogens (tertiary/aromatic N) is 4. The number of aryl methyl sites for hydroxylation is 3. The van der Waals surface area contributed by atoms with E-state index in [9.17, 15) is 18.8 Å². The average Bonchev–Trinajstić information content (AvgIpc) is 3.72. The van der Waals surface area contributed by atoms with Crippen molar-refractivity contribution in [1.29, 1.82) is 0 Å². The molecule has 0 N–H and O–H groups in total. The molecule has 6 aromatic rings. The van der Waals surface area contributed by atoms with Crippen LogP contribution in [0.3, 0.4) is 0 Å². The summed E-state index contributed by atoms with van der Waals surface area (Å²) in [7, 11) is 0. The second-order valence-corrected chi connectivity index (χ2v) is 12.6. The summed E-state index contributed by atoms with van der Waals surface area (Å²) < 4.78 is 39.7. The van der Waals surface area contributed by atoms with Crippen LogP contribution >= 0.6 is 0 Å². The van der Waals surface area contributed by atoms with E-state index in [1.165, 1.54) is 24.8 Å². The second-order valence-electron chi connectivity index (χ2n) is 12.6. The number of imidazole rings is 1. The Morgan fingerprint density at radius 3 is 1.75 bits per heavy atom. The van der Waals surface area contributed by atoms with Crippen molar-refractivity contribution in [2.75, 3.05) is 6.61 Å². The van der Waals surface area contributed by atoms with E-state index in [0.717, 1.165) is 16.7 Å². The number of aromatic nitrogens is 4. The first-order valence-corrected chi connectivity index (χ1v) is 16.5. The smallest absolute Gasteiger partial charge is 0.338 e. The van der Waals surface area contributed by atoms with Gasteiger partial charge in [0.25, 0.3) is 0 Å². The lowest BCUT2D eigenvalue weighted by molar-refractivity contribution is -0.0606. The van der Waals surface area contributed by atoms with Gasteiger partial charge in [0.15, 0.2) is 24.1 Å². The topological polar surface area (TPSA) is 132 Å². The maximum Gasteiger partial charge on any atom is 0.338 e. The zero-order valence-corrected chi connectivity index (χ0v) is 28.4. The van der Waals surface area contributed by atoms with Crippen LogP contribution in [0.2, 0.25) is 0 Å². The van der Waals surface area contributed by atoms with E-state index >= 15 is 0 Å². The highest BCUT2D eigenvalue weighted by molar-refractivity contribution is 5.91. The maximum atomic E-state index is 13.8. The number of fused-ring (bicyclic) bond motifs is 1. The monoisotopic (exact) mass is 700 g/mol. The molecule has 2 aromatic heterocycles. The van der Waals surface area contributed by atoms with Gasteiger partial charge in [0.2, 0.25) is 0 Å². The highest BCUT2D eigenvalue weighted by Crippen LogP contribution is 2.38. The number of halogens is 1. The number of hydrogen-bond donors (Lipinski definition) is 0. The van der Waals surface area contributed by atoms with Gasteiger partial charge in [-0.25, -0.2) is 33.7 Å². The minimum absolute atomic E-state index is 0.262. The Morgan fingerprint density at radius 2 is 1.19 bits per heavy atom. The zero-order chi connectivity index (χ0) is 36.4. The number of ether oxygens (including phenoxy) is 4. The third-order valence-corrected chi connectivity index (χ3v) is 8.76. The molecule has 1 saturated heterocycles. The van der Waals surface area contributed by atoms with Crippen molar-refractivity contribution in [2.24, 2.45) is 0 Å². The van der Waals surface area contributed by atoms with Crippen molar-refractivity contribution < 1.29 is 37.7 Å². The van der Waals surface area contributed by atoms with Crippen LogP contribution in [-0.2, 0) is 18.9 Å². The van der Waals surface area contributed by atoms with Gasteiger partial charge in [0, 0.05) is 5.56 Å². The molecule has 1 fully saturated rings. The number of rotatable bonds is 9. The van der Waals surface area contributed by atoms with E-state index in [2.05, 4.69) is 15.0 Å². The lowest BCUT2D eigenvalue weighted by Crippen LogP contribution is -2.41. The van der Waals surface area contributed by atoms with E-state index in [0.29, 0.717) is 28.0 Å². The highest BCUT2D eigenvalue weighted by atomic mass is 19.1. The molecule has 1 aliphatic rings. The largest absolute Gasteiger partial charge is 0.459 e. The summed E-state index contributed by atoms with van der Waals surface area (Å²) in [6.07, 6.45) is -2.00. The van der Waals surface area contributed by atoms with Crippen LogP contribution < -0.4 is 0 Å². The molecule has 4 atom stereocenters. The van der Waals surface area contributed by atoms with Gasteiger partial charge in [-0.1, -0.05) is 53.1 Å². The Balaban J connectivity index is 1.28. The molecule has 1 aliphatic heterocycles. The minimum atomic E-state index is -1.27. The molecular weight excluding hydrogens is 667 g/mol. The molecule has 4 aromatic carbocycles. The molecule has 0 aliphatic carbocycles. The first-order valence-electron chi connectivity index (χ1n) is 16.5. The minimum Gasteiger partial charge on any atom is -0.459 e. The lowest BCUT2D eigenvalue weighted by Gasteiger charge is -2.25. The van der Waals surface area contributed by atoms with Gasteiger partial charge >= 0.3 is 17.9 Å². The van der Waals surface area contributed by atoms with Crippen LogP contribution in [0, 0.1) is 26.6 Å². The van der Waals surface area contributed by atoms with Crippen LogP contribution in [0.25, 0.3) is 22.4 Å². The first kappa shape index (κ1) is 34.2. The molecule has 0 saturated carbocycles. The van der Waals surface area contributed by atoms with Crippen LogP contribution in [0.4, 0.5) is 4.39 Å². The summed E-state index contributed by atoms with van der Waals surface area (Å²) in [5, 5.41) is 0. The molecular formula is C40H33FN4O7. The Morgan fingerprint density at radius 1 is 0.673 bits per heavy atom. The van der Waals surface area contributed by atoms with Crippen molar-refractivity contribution in [2.45, 2.75) is 45.3 Å². The summed E-state index contributed by atoms with van der Waals surface area (Å²) in [5.74, 6) is -2.42. The SMILES string of the molecule is Cc1ccc(C(=O)OC[C@H]2O[C@@H](n3cnc4c(-c5ccc(F)cc5)ncnc43)[C@H](OC(=O)c3ccc(C)cc3)[C@@H]2OC(=O)c2ccc(C)cc2)cc1. The first-order chi connectivity index (χ1) is 25.1. The third kappa shape index (κ3) is 7.14. The maximum absolute atomic E-state index is 13.8. The van der Waals surface area contributed by atoms with Gasteiger partial charge in [-0.2, -0.15) is 0 Å². The van der Waals surface area contributed by atoms with Crippen molar-refractivity contribution in [3.8, 4) is 11.3 Å². The van der Waals surface area contributed by atoms with Crippen molar-refractivity contribution >= 4 is 29.1 Å². The molecule has 262 valence electrons. The molecule has 0 bridgehead atoms. The fourth-order valence-corrected chi connectivity index (χ4v) is 5.88. The van der Waals surface area contributed by atoms with Crippen molar-refractivity contribution in [1.82, 2.24) is 19.5 Å². The fraction of sp³-hybridized carbons (Fsp3) is 0.200. The molecule has 11 nitrogen and oxygen atoms in total. The summed E-state index contributed by atoms with van der Waals surface area (Å²) in [4.78, 5) is 53.9. The van der Waals surface area contributed by atoms with E-state index in [1.807, 2.05) is 20.8 Å². The Hall–Kier alpha value is -6.27. The number of benzene rings is 4. The Kier molecular flexibility index (Phi) is 9.55. The lowest BCUT2D eigenvalue weighted by atomic mass is 10.1. The van der Waals surface area contributed by atoms with Crippen LogP contribution in [0.5, 0.6) is 0 Å². The average molecular weight is 701 g/mol. The second kappa shape index (κ2) is 14.5. The van der Waals surface area contributed by atoms with E-state index in [1.54, 1.807) is 89.5 Å². The van der Waals surface area contributed by atoms with E-state index < -0.39 is 48.3 Å². The summed E-state index contributed by atoms with van der Waals surface area (Å²) in [6, 6.07) is 26.3. The number of carbonyl (C=O) groups excluding carboxylic acids is 3. The number of hydrogen-bond acceptors (Lipinski definition) is 10. The molecule has 0 amide bonds. The summed E-state index contributed by atoms with van der Waals surface area (Å²) in [5.41, 5.74) is 5.40. The molecule has 3 heterocycles. The van der Waals surface area contributed by atoms with Gasteiger partial charge in [-0.05, 0) is 81.4 Å². The Labute approximate surface area is 298 Å². The summed E-state index contributed by atoms with van der Waals surface area (Å²) >= 11 is 0. The molecule has 12 heteroatoms. The van der Waals surface area contributed by atoms with Crippen molar-refractivity contribution in [3.05, 3.63) is 149 Å². The Bertz CT molecular complexity index is 2240. The van der Waals surface area contributed by atoms with Crippen molar-refractivity contribution in [3.63, 3.8) is 0 Å². The molecule has 0 unspecified atom stereocenters. The van der Waals surface area contributed by atoms with Gasteiger partial charge in [0.1, 0.15) is 36.1 Å². The number of esters is 3. The van der Waals surface area contributed by atoms with Gasteiger partial charge in [-0.3, -0.25) is 4.57 Å². The van der Waals surface area contributed by atoms with Crippen LogP contribution in [0.1, 0.15) is 54.0 Å². The highest BCUT2D eigenvalue weighted by Gasteiger charge is 2.52. The quantitative estimate of drug-likeness (QED) is 0.118. The standard InChI is InChI=1S/C40H33FN4O7/c1-23-4-10-27(11-5-23)38(46)49-20-31-34(51-39(47)28-12-6-24(2)7-13-28)35(52-40(48)29-14-8-25(3)9-15-29)37(50-31)45-22-44-33-32(42-21-43-36(33)45)26-16-18-30(41)19-17-26/h4-19,21-22,31,34-35,37H,20H2,1-3H3/t31-,34-,35-,37-/m1/s1. The van der Waals surface area contributed by atoms with Gasteiger partial charge in [0.05, 0.1) is 23.0 Å². The summed E-state index contributed by atoms with van der Waals surface area (Å²) in [6.45, 7) is 5.34. The molecule has 52 heavy (non-hydrogen) atoms. The van der Waals surface area contributed by atoms with Crippen LogP contribution in [0.15, 0.2) is 110 Å².